The third-order valence-electron chi connectivity index (χ3n) is 2.45. The van der Waals surface area contributed by atoms with Crippen molar-refractivity contribution in [2.45, 2.75) is 13.2 Å². The van der Waals surface area contributed by atoms with Crippen LogP contribution in [0.1, 0.15) is 11.3 Å². The SMILES string of the molecule is OB(O)c1cccc(COCc2ccccc2)n1. The van der Waals surface area contributed by atoms with E-state index >= 15 is 0 Å². The van der Waals surface area contributed by atoms with E-state index in [1.54, 1.807) is 18.2 Å². The second kappa shape index (κ2) is 6.30. The molecule has 0 spiro atoms. The molecule has 4 nitrogen and oxygen atoms in total. The highest BCUT2D eigenvalue weighted by molar-refractivity contribution is 6.57. The zero-order valence-corrected chi connectivity index (χ0v) is 9.86. The number of benzene rings is 1. The van der Waals surface area contributed by atoms with Gasteiger partial charge in [0.2, 0.25) is 0 Å². The highest BCUT2D eigenvalue weighted by Gasteiger charge is 2.12. The summed E-state index contributed by atoms with van der Waals surface area (Å²) >= 11 is 0. The fraction of sp³-hybridized carbons (Fsp3) is 0.154. The van der Waals surface area contributed by atoms with Gasteiger partial charge >= 0.3 is 7.12 Å². The van der Waals surface area contributed by atoms with Crippen LogP contribution in [0, 0.1) is 0 Å². The Balaban J connectivity index is 1.89. The Hall–Kier alpha value is -1.69. The molecule has 0 aliphatic carbocycles. The molecule has 0 saturated heterocycles. The summed E-state index contributed by atoms with van der Waals surface area (Å²) in [5.41, 5.74) is 2.00. The molecule has 2 N–H and O–H groups in total. The first-order chi connectivity index (χ1) is 8.75. The second-order valence-corrected chi connectivity index (χ2v) is 3.91. The van der Waals surface area contributed by atoms with Gasteiger partial charge in [-0.15, -0.1) is 0 Å². The second-order valence-electron chi connectivity index (χ2n) is 3.91. The van der Waals surface area contributed by atoms with Gasteiger partial charge in [-0.3, -0.25) is 4.98 Å². The maximum absolute atomic E-state index is 9.00. The quantitative estimate of drug-likeness (QED) is 0.749. The molecule has 1 aromatic heterocycles. The van der Waals surface area contributed by atoms with Gasteiger partial charge in [-0.1, -0.05) is 36.4 Å². The van der Waals surface area contributed by atoms with E-state index in [1.807, 2.05) is 30.3 Å². The molecule has 0 amide bonds. The average molecular weight is 243 g/mol. The molecule has 2 aromatic rings. The van der Waals surface area contributed by atoms with Crippen LogP contribution < -0.4 is 5.59 Å². The molecule has 0 radical (unpaired) electrons. The first kappa shape index (κ1) is 12.8. The number of rotatable bonds is 5. The van der Waals surface area contributed by atoms with Crippen molar-refractivity contribution in [3.63, 3.8) is 0 Å². The van der Waals surface area contributed by atoms with E-state index in [4.69, 9.17) is 14.8 Å². The van der Waals surface area contributed by atoms with Gasteiger partial charge in [0.15, 0.2) is 0 Å². The Bertz CT molecular complexity index is 491. The Morgan fingerprint density at radius 1 is 0.944 bits per heavy atom. The lowest BCUT2D eigenvalue weighted by atomic mass is 9.85. The van der Waals surface area contributed by atoms with Gasteiger partial charge < -0.3 is 14.8 Å². The van der Waals surface area contributed by atoms with E-state index in [-0.39, 0.29) is 5.59 Å². The van der Waals surface area contributed by atoms with Crippen molar-refractivity contribution in [1.82, 2.24) is 4.98 Å². The van der Waals surface area contributed by atoms with Crippen LogP contribution >= 0.6 is 0 Å². The molecule has 0 unspecified atom stereocenters. The molecule has 0 fully saturated rings. The van der Waals surface area contributed by atoms with Crippen molar-refractivity contribution in [3.05, 3.63) is 59.8 Å². The first-order valence-electron chi connectivity index (χ1n) is 5.69. The van der Waals surface area contributed by atoms with E-state index < -0.39 is 7.12 Å². The van der Waals surface area contributed by atoms with Crippen LogP contribution in [-0.2, 0) is 18.0 Å². The molecule has 0 bridgehead atoms. The van der Waals surface area contributed by atoms with Crippen molar-refractivity contribution in [2.24, 2.45) is 0 Å². The third kappa shape index (κ3) is 3.66. The van der Waals surface area contributed by atoms with Crippen molar-refractivity contribution in [3.8, 4) is 0 Å². The predicted molar refractivity (Wildman–Crippen MR) is 69.0 cm³/mol. The summed E-state index contributed by atoms with van der Waals surface area (Å²) in [5, 5.41) is 18.0. The molecule has 18 heavy (non-hydrogen) atoms. The normalized spacial score (nSPS) is 10.3. The highest BCUT2D eigenvalue weighted by atomic mass is 16.5. The number of hydrogen-bond acceptors (Lipinski definition) is 4. The van der Waals surface area contributed by atoms with E-state index in [0.717, 1.165) is 5.56 Å². The lowest BCUT2D eigenvalue weighted by Gasteiger charge is -2.05. The van der Waals surface area contributed by atoms with Crippen molar-refractivity contribution in [1.29, 1.82) is 0 Å². The van der Waals surface area contributed by atoms with E-state index in [9.17, 15) is 0 Å². The van der Waals surface area contributed by atoms with E-state index in [0.29, 0.717) is 18.9 Å². The fourth-order valence-corrected chi connectivity index (χ4v) is 1.57. The standard InChI is InChI=1S/C13H14BNO3/c16-14(17)13-8-4-7-12(15-13)10-18-9-11-5-2-1-3-6-11/h1-8,16-17H,9-10H2. The summed E-state index contributed by atoms with van der Waals surface area (Å²) in [6.45, 7) is 0.851. The number of nitrogens with zero attached hydrogens (tertiary/aromatic N) is 1. The predicted octanol–water partition coefficient (Wildman–Crippen LogP) is 0.478. The average Bonchev–Trinajstić information content (AvgIpc) is 2.40. The van der Waals surface area contributed by atoms with Crippen LogP contribution in [0.5, 0.6) is 0 Å². The maximum atomic E-state index is 9.00. The van der Waals surface area contributed by atoms with Crippen LogP contribution in [0.15, 0.2) is 48.5 Å². The minimum absolute atomic E-state index is 0.232. The molecule has 5 heteroatoms. The number of aromatic nitrogens is 1. The number of ether oxygens (including phenoxy) is 1. The van der Waals surface area contributed by atoms with Crippen LogP contribution in [0.3, 0.4) is 0 Å². The minimum atomic E-state index is -1.54. The Morgan fingerprint density at radius 3 is 2.44 bits per heavy atom. The summed E-state index contributed by atoms with van der Waals surface area (Å²) in [7, 11) is -1.54. The third-order valence-corrected chi connectivity index (χ3v) is 2.45. The van der Waals surface area contributed by atoms with E-state index in [1.165, 1.54) is 0 Å². The van der Waals surface area contributed by atoms with Crippen molar-refractivity contribution < 1.29 is 14.8 Å². The Kier molecular flexibility index (Phi) is 4.47. The maximum Gasteiger partial charge on any atom is 0.508 e. The Labute approximate surface area is 106 Å². The lowest BCUT2D eigenvalue weighted by molar-refractivity contribution is 0.104. The zero-order valence-electron chi connectivity index (χ0n) is 9.86. The van der Waals surface area contributed by atoms with Gasteiger partial charge in [-0.2, -0.15) is 0 Å². The molecule has 0 aliphatic rings. The zero-order chi connectivity index (χ0) is 12.8. The van der Waals surface area contributed by atoms with Crippen LogP contribution in [0.25, 0.3) is 0 Å². The Morgan fingerprint density at radius 2 is 1.72 bits per heavy atom. The van der Waals surface area contributed by atoms with Gasteiger partial charge in [0.05, 0.1) is 24.5 Å². The number of pyridine rings is 1. The van der Waals surface area contributed by atoms with Gasteiger partial charge in [0, 0.05) is 0 Å². The van der Waals surface area contributed by atoms with Gasteiger partial charge in [-0.05, 0) is 17.7 Å². The summed E-state index contributed by atoms with van der Waals surface area (Å²) < 4.78 is 5.51. The summed E-state index contributed by atoms with van der Waals surface area (Å²) in [6.07, 6.45) is 0. The van der Waals surface area contributed by atoms with Crippen LogP contribution in [-0.4, -0.2) is 22.2 Å². The fourth-order valence-electron chi connectivity index (χ4n) is 1.57. The lowest BCUT2D eigenvalue weighted by Crippen LogP contribution is -2.33. The molecule has 0 atom stereocenters. The van der Waals surface area contributed by atoms with Crippen molar-refractivity contribution >= 4 is 12.7 Å². The molecule has 0 saturated carbocycles. The summed E-state index contributed by atoms with van der Waals surface area (Å²) in [5.74, 6) is 0. The molecule has 0 aliphatic heterocycles. The largest absolute Gasteiger partial charge is 0.508 e. The topological polar surface area (TPSA) is 62.6 Å². The summed E-state index contributed by atoms with van der Waals surface area (Å²) in [6, 6.07) is 14.9. The molecule has 2 rings (SSSR count). The molecule has 1 heterocycles. The van der Waals surface area contributed by atoms with Gasteiger partial charge in [-0.25, -0.2) is 0 Å². The van der Waals surface area contributed by atoms with Crippen molar-refractivity contribution in [2.75, 3.05) is 0 Å². The highest BCUT2D eigenvalue weighted by Crippen LogP contribution is 2.03. The smallest absolute Gasteiger partial charge is 0.422 e. The van der Waals surface area contributed by atoms with E-state index in [2.05, 4.69) is 4.98 Å². The molecule has 92 valence electrons. The van der Waals surface area contributed by atoms with Crippen LogP contribution in [0.2, 0.25) is 0 Å². The van der Waals surface area contributed by atoms with Gasteiger partial charge in [0.1, 0.15) is 0 Å². The minimum Gasteiger partial charge on any atom is -0.422 e. The van der Waals surface area contributed by atoms with Gasteiger partial charge in [0.25, 0.3) is 0 Å². The molecular weight excluding hydrogens is 229 g/mol. The molecule has 1 aromatic carbocycles. The number of hydrogen-bond donors (Lipinski definition) is 2. The summed E-state index contributed by atoms with van der Waals surface area (Å²) in [4.78, 5) is 4.08. The van der Waals surface area contributed by atoms with Crippen LogP contribution in [0.4, 0.5) is 0 Å². The molecular formula is C13H14BNO3. The monoisotopic (exact) mass is 243 g/mol. The first-order valence-corrected chi connectivity index (χ1v) is 5.69.